The highest BCUT2D eigenvalue weighted by molar-refractivity contribution is 7.72. The molecule has 1 heterocycles. The van der Waals surface area contributed by atoms with Crippen molar-refractivity contribution in [3.63, 3.8) is 0 Å². The molecule has 0 saturated carbocycles. The van der Waals surface area contributed by atoms with Crippen molar-refractivity contribution in [3.8, 4) is 0 Å². The zero-order valence-corrected chi connectivity index (χ0v) is 9.83. The fourth-order valence-electron chi connectivity index (χ4n) is 2.10. The van der Waals surface area contributed by atoms with Crippen molar-refractivity contribution in [1.29, 1.82) is 0 Å². The molecule has 1 saturated heterocycles. The van der Waals surface area contributed by atoms with Gasteiger partial charge in [0, 0.05) is 13.0 Å². The van der Waals surface area contributed by atoms with Gasteiger partial charge in [-0.25, -0.2) is 0 Å². The molecule has 1 aromatic rings. The Bertz CT molecular complexity index is 471. The summed E-state index contributed by atoms with van der Waals surface area (Å²) < 4.78 is 21.7. The molecule has 1 N–H and O–H groups in total. The Labute approximate surface area is 97.0 Å². The van der Waals surface area contributed by atoms with E-state index in [9.17, 15) is 8.42 Å². The minimum atomic E-state index is -2.08. The van der Waals surface area contributed by atoms with Crippen LogP contribution in [-0.2, 0) is 16.7 Å². The molecular weight excluding hydrogens is 222 g/mol. The third-order valence-electron chi connectivity index (χ3n) is 2.92. The van der Waals surface area contributed by atoms with Crippen LogP contribution in [0.2, 0.25) is 0 Å². The van der Waals surface area contributed by atoms with E-state index in [1.807, 2.05) is 18.2 Å². The van der Waals surface area contributed by atoms with Crippen molar-refractivity contribution in [2.75, 3.05) is 6.54 Å². The lowest BCUT2D eigenvalue weighted by molar-refractivity contribution is 0.466. The lowest BCUT2D eigenvalue weighted by Crippen LogP contribution is -2.35. The molecule has 0 amide bonds. The van der Waals surface area contributed by atoms with Crippen LogP contribution in [0.1, 0.15) is 18.4 Å². The average Bonchev–Trinajstić information content (AvgIpc) is 2.30. The van der Waals surface area contributed by atoms with E-state index in [1.165, 1.54) is 5.56 Å². The van der Waals surface area contributed by atoms with Crippen LogP contribution in [0, 0.1) is 5.92 Å². The maximum absolute atomic E-state index is 10.9. The summed E-state index contributed by atoms with van der Waals surface area (Å²) in [5, 5.41) is 2.94. The van der Waals surface area contributed by atoms with Crippen molar-refractivity contribution in [2.45, 2.75) is 19.3 Å². The van der Waals surface area contributed by atoms with E-state index in [-0.39, 0.29) is 0 Å². The Morgan fingerprint density at radius 1 is 1.25 bits per heavy atom. The van der Waals surface area contributed by atoms with E-state index in [1.54, 1.807) is 0 Å². The molecular formula is C12H15NO2S. The Hall–Kier alpha value is -1.13. The first-order chi connectivity index (χ1) is 7.75. The second-order valence-electron chi connectivity index (χ2n) is 4.13. The summed E-state index contributed by atoms with van der Waals surface area (Å²) in [5.41, 5.74) is 1.28. The maximum Gasteiger partial charge on any atom is 0.228 e. The van der Waals surface area contributed by atoms with Crippen LogP contribution in [0.3, 0.4) is 0 Å². The van der Waals surface area contributed by atoms with E-state index in [4.69, 9.17) is 0 Å². The first kappa shape index (κ1) is 11.4. The van der Waals surface area contributed by atoms with Gasteiger partial charge in [-0.3, -0.25) is 5.32 Å². The van der Waals surface area contributed by atoms with Crippen LogP contribution < -0.4 is 5.32 Å². The summed E-state index contributed by atoms with van der Waals surface area (Å²) in [7, 11) is -2.08. The number of hydrogen-bond donors (Lipinski definition) is 1. The van der Waals surface area contributed by atoms with Crippen LogP contribution in [0.15, 0.2) is 30.3 Å². The van der Waals surface area contributed by atoms with Crippen molar-refractivity contribution < 1.29 is 8.42 Å². The van der Waals surface area contributed by atoms with Crippen molar-refractivity contribution in [1.82, 2.24) is 5.32 Å². The second-order valence-corrected chi connectivity index (χ2v) is 5.10. The van der Waals surface area contributed by atoms with E-state index in [0.29, 0.717) is 17.3 Å². The van der Waals surface area contributed by atoms with E-state index < -0.39 is 10.3 Å². The lowest BCUT2D eigenvalue weighted by Gasteiger charge is -2.22. The van der Waals surface area contributed by atoms with Gasteiger partial charge in [0.15, 0.2) is 0 Å². The first-order valence-electron chi connectivity index (χ1n) is 5.48. The largest absolute Gasteiger partial charge is 0.279 e. The SMILES string of the molecule is O=S(=O)=C1CC(Cc2ccccc2)CCN1. The lowest BCUT2D eigenvalue weighted by atomic mass is 9.91. The molecule has 4 heteroatoms. The topological polar surface area (TPSA) is 46.2 Å². The molecule has 16 heavy (non-hydrogen) atoms. The van der Waals surface area contributed by atoms with Gasteiger partial charge in [0.2, 0.25) is 10.3 Å². The van der Waals surface area contributed by atoms with E-state index in [0.717, 1.165) is 19.4 Å². The molecule has 1 aromatic carbocycles. The predicted octanol–water partition coefficient (Wildman–Crippen LogP) is 1.24. The average molecular weight is 237 g/mol. The molecule has 1 atom stereocenters. The number of benzene rings is 1. The molecule has 1 unspecified atom stereocenters. The van der Waals surface area contributed by atoms with Crippen LogP contribution in [0.25, 0.3) is 0 Å². The van der Waals surface area contributed by atoms with Gasteiger partial charge in [-0.15, -0.1) is 0 Å². The van der Waals surface area contributed by atoms with Gasteiger partial charge >= 0.3 is 0 Å². The van der Waals surface area contributed by atoms with E-state index in [2.05, 4.69) is 17.4 Å². The molecule has 1 fully saturated rings. The number of nitrogens with one attached hydrogen (secondary N) is 1. The molecule has 0 aromatic heterocycles. The highest BCUT2D eigenvalue weighted by Gasteiger charge is 2.18. The summed E-state index contributed by atoms with van der Waals surface area (Å²) in [4.78, 5) is 0.465. The van der Waals surface area contributed by atoms with Crippen LogP contribution in [-0.4, -0.2) is 20.0 Å². The number of hydrogen-bond acceptors (Lipinski definition) is 2. The quantitative estimate of drug-likeness (QED) is 0.787. The monoisotopic (exact) mass is 237 g/mol. The minimum absolute atomic E-state index is 0.441. The number of rotatable bonds is 2. The third-order valence-corrected chi connectivity index (χ3v) is 3.63. The van der Waals surface area contributed by atoms with Crippen LogP contribution in [0.5, 0.6) is 0 Å². The summed E-state index contributed by atoms with van der Waals surface area (Å²) in [6.45, 7) is 0.765. The summed E-state index contributed by atoms with van der Waals surface area (Å²) in [6.07, 6.45) is 2.64. The van der Waals surface area contributed by atoms with Crippen LogP contribution >= 0.6 is 0 Å². The Morgan fingerprint density at radius 2 is 2.00 bits per heavy atom. The van der Waals surface area contributed by atoms with Gasteiger partial charge in [-0.1, -0.05) is 30.3 Å². The summed E-state index contributed by atoms with van der Waals surface area (Å²) in [6, 6.07) is 10.2. The Kier molecular flexibility index (Phi) is 3.74. The summed E-state index contributed by atoms with van der Waals surface area (Å²) >= 11 is 0. The van der Waals surface area contributed by atoms with Gasteiger partial charge in [-0.05, 0) is 24.3 Å². The smallest absolute Gasteiger partial charge is 0.228 e. The van der Waals surface area contributed by atoms with Gasteiger partial charge in [-0.2, -0.15) is 8.42 Å². The fraction of sp³-hybridized carbons (Fsp3) is 0.417. The zero-order chi connectivity index (χ0) is 11.4. The first-order valence-corrected chi connectivity index (χ1v) is 6.56. The molecule has 0 aliphatic carbocycles. The zero-order valence-electron chi connectivity index (χ0n) is 9.02. The number of piperidine rings is 1. The van der Waals surface area contributed by atoms with Crippen molar-refractivity contribution in [2.24, 2.45) is 5.92 Å². The fourth-order valence-corrected chi connectivity index (χ4v) is 2.69. The van der Waals surface area contributed by atoms with Crippen molar-refractivity contribution >= 4 is 15.3 Å². The molecule has 2 rings (SSSR count). The summed E-state index contributed by atoms with van der Waals surface area (Å²) in [5.74, 6) is 0.441. The minimum Gasteiger partial charge on any atom is -0.279 e. The van der Waals surface area contributed by atoms with Crippen LogP contribution in [0.4, 0.5) is 0 Å². The van der Waals surface area contributed by atoms with E-state index >= 15 is 0 Å². The standard InChI is InChI=1S/C12H15NO2S/c14-16(15)12-9-11(6-7-13-12)8-10-4-2-1-3-5-10/h1-5,11,13H,6-9H2. The maximum atomic E-state index is 10.9. The molecule has 0 bridgehead atoms. The second kappa shape index (κ2) is 5.27. The van der Waals surface area contributed by atoms with Gasteiger partial charge in [0.25, 0.3) is 0 Å². The van der Waals surface area contributed by atoms with Gasteiger partial charge in [0.1, 0.15) is 4.99 Å². The molecule has 3 nitrogen and oxygen atoms in total. The van der Waals surface area contributed by atoms with Gasteiger partial charge < -0.3 is 0 Å². The Morgan fingerprint density at radius 3 is 2.69 bits per heavy atom. The third kappa shape index (κ3) is 2.93. The van der Waals surface area contributed by atoms with Crippen molar-refractivity contribution in [3.05, 3.63) is 35.9 Å². The Balaban J connectivity index is 2.04. The highest BCUT2D eigenvalue weighted by atomic mass is 32.2. The van der Waals surface area contributed by atoms with Gasteiger partial charge in [0.05, 0.1) is 0 Å². The molecule has 1 aliphatic rings. The molecule has 0 radical (unpaired) electrons. The molecule has 0 spiro atoms. The normalized spacial score (nSPS) is 20.8. The molecule has 1 aliphatic heterocycles. The molecule has 86 valence electrons. The predicted molar refractivity (Wildman–Crippen MR) is 64.8 cm³/mol. The highest BCUT2D eigenvalue weighted by Crippen LogP contribution is 2.18.